The Morgan fingerprint density at radius 3 is 2.72 bits per heavy atom. The maximum Gasteiger partial charge on any atom is 0.405 e. The number of anilines is 1. The monoisotopic (exact) mass is 261 g/mol. The molecule has 18 heavy (non-hydrogen) atoms. The quantitative estimate of drug-likeness (QED) is 0.798. The van der Waals surface area contributed by atoms with E-state index in [1.165, 1.54) is 18.1 Å². The van der Waals surface area contributed by atoms with Crippen LogP contribution in [0.25, 0.3) is 0 Å². The van der Waals surface area contributed by atoms with Crippen molar-refractivity contribution in [3.05, 3.63) is 24.0 Å². The normalized spacial score (nSPS) is 11.6. The van der Waals surface area contributed by atoms with E-state index in [2.05, 4.69) is 10.3 Å². The van der Waals surface area contributed by atoms with Crippen molar-refractivity contribution >= 4 is 5.69 Å². The number of rotatable bonds is 6. The first-order valence-corrected chi connectivity index (χ1v) is 5.85. The van der Waals surface area contributed by atoms with Crippen LogP contribution < -0.4 is 10.2 Å². The van der Waals surface area contributed by atoms with Crippen LogP contribution in [0.5, 0.6) is 0 Å². The molecule has 0 bridgehead atoms. The summed E-state index contributed by atoms with van der Waals surface area (Å²) in [6.45, 7) is 2.45. The summed E-state index contributed by atoms with van der Waals surface area (Å²) in [7, 11) is 1.42. The van der Waals surface area contributed by atoms with Crippen LogP contribution in [0, 0.1) is 0 Å². The Kier molecular flexibility index (Phi) is 5.40. The Hall–Kier alpha value is -1.30. The molecule has 0 atom stereocenters. The van der Waals surface area contributed by atoms with Crippen molar-refractivity contribution in [3.63, 3.8) is 0 Å². The summed E-state index contributed by atoms with van der Waals surface area (Å²) in [5.74, 6) is 0. The van der Waals surface area contributed by atoms with Gasteiger partial charge in [-0.2, -0.15) is 13.2 Å². The zero-order chi connectivity index (χ0) is 13.6. The van der Waals surface area contributed by atoms with Gasteiger partial charge in [0.2, 0.25) is 0 Å². The first-order chi connectivity index (χ1) is 8.44. The lowest BCUT2D eigenvalue weighted by atomic mass is 10.2. The average Bonchev–Trinajstić information content (AvgIpc) is 2.27. The minimum atomic E-state index is -4.21. The highest BCUT2D eigenvalue weighted by molar-refractivity contribution is 5.51. The summed E-state index contributed by atoms with van der Waals surface area (Å²) in [6.07, 6.45) is -0.167. The molecular formula is C12H18F3N3. The number of alkyl halides is 3. The summed E-state index contributed by atoms with van der Waals surface area (Å²) in [5, 5.41) is 3.17. The number of halogens is 3. The van der Waals surface area contributed by atoms with E-state index in [-0.39, 0.29) is 0 Å². The predicted octanol–water partition coefficient (Wildman–Crippen LogP) is 2.58. The molecule has 0 aliphatic rings. The molecule has 0 fully saturated rings. The third-order valence-corrected chi connectivity index (χ3v) is 2.46. The lowest BCUT2D eigenvalue weighted by Gasteiger charge is -2.23. The van der Waals surface area contributed by atoms with Gasteiger partial charge in [-0.15, -0.1) is 0 Å². The highest BCUT2D eigenvalue weighted by Crippen LogP contribution is 2.23. The predicted molar refractivity (Wildman–Crippen MR) is 65.6 cm³/mol. The Morgan fingerprint density at radius 2 is 2.11 bits per heavy atom. The molecule has 1 aromatic rings. The van der Waals surface area contributed by atoms with Crippen LogP contribution in [0.4, 0.5) is 18.9 Å². The third-order valence-electron chi connectivity index (χ3n) is 2.46. The Morgan fingerprint density at radius 1 is 1.39 bits per heavy atom. The molecule has 0 aromatic carbocycles. The van der Waals surface area contributed by atoms with E-state index in [4.69, 9.17) is 0 Å². The molecule has 0 aliphatic carbocycles. The maximum atomic E-state index is 12.4. The van der Waals surface area contributed by atoms with Crippen molar-refractivity contribution in [2.45, 2.75) is 26.1 Å². The van der Waals surface area contributed by atoms with Crippen molar-refractivity contribution in [2.24, 2.45) is 0 Å². The molecule has 102 valence electrons. The van der Waals surface area contributed by atoms with Gasteiger partial charge in [0, 0.05) is 19.8 Å². The fraction of sp³-hybridized carbons (Fsp3) is 0.583. The summed E-state index contributed by atoms with van der Waals surface area (Å²) >= 11 is 0. The lowest BCUT2D eigenvalue weighted by molar-refractivity contribution is -0.119. The van der Waals surface area contributed by atoms with E-state index in [9.17, 15) is 13.2 Å². The summed E-state index contributed by atoms with van der Waals surface area (Å²) in [6, 6.07) is 1.74. The van der Waals surface area contributed by atoms with Crippen LogP contribution >= 0.6 is 0 Å². The van der Waals surface area contributed by atoms with Crippen molar-refractivity contribution in [1.82, 2.24) is 10.3 Å². The summed E-state index contributed by atoms with van der Waals surface area (Å²) < 4.78 is 37.1. The van der Waals surface area contributed by atoms with Crippen molar-refractivity contribution in [3.8, 4) is 0 Å². The van der Waals surface area contributed by atoms with Gasteiger partial charge in [0.1, 0.15) is 6.54 Å². The van der Waals surface area contributed by atoms with Crippen LogP contribution in [0.1, 0.15) is 18.9 Å². The fourth-order valence-corrected chi connectivity index (χ4v) is 1.66. The van der Waals surface area contributed by atoms with Crippen LogP contribution in [-0.4, -0.2) is 31.3 Å². The minimum absolute atomic E-state index is 0.512. The molecule has 1 rings (SSSR count). The number of pyridine rings is 1. The van der Waals surface area contributed by atoms with E-state index in [0.717, 1.165) is 18.5 Å². The Bertz CT molecular complexity index is 366. The molecule has 3 nitrogen and oxygen atoms in total. The second-order valence-electron chi connectivity index (χ2n) is 4.15. The average molecular weight is 261 g/mol. The van der Waals surface area contributed by atoms with Crippen LogP contribution in [0.15, 0.2) is 18.5 Å². The lowest BCUT2D eigenvalue weighted by Crippen LogP contribution is -2.32. The SMILES string of the molecule is CCCNCc1ccncc1N(C)CC(F)(F)F. The van der Waals surface area contributed by atoms with Gasteiger partial charge in [-0.1, -0.05) is 6.92 Å². The van der Waals surface area contributed by atoms with Crippen LogP contribution in [0.3, 0.4) is 0 Å². The van der Waals surface area contributed by atoms with E-state index in [1.807, 2.05) is 6.92 Å². The number of nitrogens with zero attached hydrogens (tertiary/aromatic N) is 2. The van der Waals surface area contributed by atoms with Gasteiger partial charge in [-0.25, -0.2) is 0 Å². The van der Waals surface area contributed by atoms with Gasteiger partial charge in [0.25, 0.3) is 0 Å². The zero-order valence-corrected chi connectivity index (χ0v) is 10.6. The van der Waals surface area contributed by atoms with E-state index in [0.29, 0.717) is 12.2 Å². The van der Waals surface area contributed by atoms with E-state index in [1.54, 1.807) is 12.3 Å². The molecule has 0 spiro atoms. The molecule has 0 unspecified atom stereocenters. The van der Waals surface area contributed by atoms with Crippen molar-refractivity contribution < 1.29 is 13.2 Å². The molecule has 0 radical (unpaired) electrons. The van der Waals surface area contributed by atoms with Crippen LogP contribution in [0.2, 0.25) is 0 Å². The van der Waals surface area contributed by atoms with Crippen molar-refractivity contribution in [2.75, 3.05) is 25.0 Å². The fourth-order valence-electron chi connectivity index (χ4n) is 1.66. The molecule has 1 N–H and O–H groups in total. The molecule has 0 aliphatic heterocycles. The topological polar surface area (TPSA) is 28.2 Å². The molecule has 0 saturated carbocycles. The smallest absolute Gasteiger partial charge is 0.364 e. The molecule has 1 aromatic heterocycles. The Labute approximate surface area is 105 Å². The van der Waals surface area contributed by atoms with Gasteiger partial charge in [-0.05, 0) is 24.6 Å². The molecule has 1 heterocycles. The van der Waals surface area contributed by atoms with E-state index >= 15 is 0 Å². The minimum Gasteiger partial charge on any atom is -0.364 e. The molecule has 0 saturated heterocycles. The first-order valence-electron chi connectivity index (χ1n) is 5.85. The number of nitrogens with one attached hydrogen (secondary N) is 1. The van der Waals surface area contributed by atoms with Gasteiger partial charge in [0.15, 0.2) is 0 Å². The number of aromatic nitrogens is 1. The standard InChI is InChI=1S/C12H18F3N3/c1-3-5-16-7-10-4-6-17-8-11(10)18(2)9-12(13,14)15/h4,6,8,16H,3,5,7,9H2,1-2H3. The summed E-state index contributed by atoms with van der Waals surface area (Å²) in [4.78, 5) is 5.06. The van der Waals surface area contributed by atoms with Gasteiger partial charge >= 0.3 is 6.18 Å². The summed E-state index contributed by atoms with van der Waals surface area (Å²) in [5.41, 5.74) is 1.34. The molecular weight excluding hydrogens is 243 g/mol. The zero-order valence-electron chi connectivity index (χ0n) is 10.6. The van der Waals surface area contributed by atoms with Gasteiger partial charge in [-0.3, -0.25) is 4.98 Å². The highest BCUT2D eigenvalue weighted by Gasteiger charge is 2.30. The Balaban J connectivity index is 2.74. The van der Waals surface area contributed by atoms with E-state index < -0.39 is 12.7 Å². The number of hydrogen-bond acceptors (Lipinski definition) is 3. The van der Waals surface area contributed by atoms with Gasteiger partial charge < -0.3 is 10.2 Å². The highest BCUT2D eigenvalue weighted by atomic mass is 19.4. The number of hydrogen-bond donors (Lipinski definition) is 1. The molecule has 6 heteroatoms. The molecule has 0 amide bonds. The first kappa shape index (κ1) is 14.8. The second-order valence-corrected chi connectivity index (χ2v) is 4.15. The third kappa shape index (κ3) is 4.91. The maximum absolute atomic E-state index is 12.4. The largest absolute Gasteiger partial charge is 0.405 e. The second kappa shape index (κ2) is 6.58. The van der Waals surface area contributed by atoms with Gasteiger partial charge in [0.05, 0.1) is 11.9 Å². The van der Waals surface area contributed by atoms with Crippen molar-refractivity contribution in [1.29, 1.82) is 0 Å². The van der Waals surface area contributed by atoms with Crippen LogP contribution in [-0.2, 0) is 6.54 Å².